The van der Waals surface area contributed by atoms with E-state index in [4.69, 9.17) is 4.74 Å². The number of aliphatic imine (C=N–C) groups is 1. The average Bonchev–Trinajstić information content (AvgIpc) is 2.48. The number of nitrogens with zero attached hydrogens (tertiary/aromatic N) is 1. The molecule has 0 aliphatic carbocycles. The zero-order chi connectivity index (χ0) is 19.3. The summed E-state index contributed by atoms with van der Waals surface area (Å²) >= 11 is 0. The second kappa shape index (κ2) is 8.71. The van der Waals surface area contributed by atoms with Crippen molar-refractivity contribution in [3.63, 3.8) is 0 Å². The summed E-state index contributed by atoms with van der Waals surface area (Å²) in [5, 5.41) is 6.58. The topological polar surface area (TPSA) is 79.8 Å². The van der Waals surface area contributed by atoms with E-state index in [1.54, 1.807) is 13.8 Å². The second-order valence-electron chi connectivity index (χ2n) is 8.67. The van der Waals surface area contributed by atoms with E-state index in [9.17, 15) is 8.42 Å². The lowest BCUT2D eigenvalue weighted by atomic mass is 9.78. The third-order valence-electron chi connectivity index (χ3n) is 4.80. The van der Waals surface area contributed by atoms with Crippen LogP contribution in [-0.4, -0.2) is 57.7 Å². The first-order chi connectivity index (χ1) is 11.4. The largest absolute Gasteiger partial charge is 0.377 e. The molecule has 0 amide bonds. The SMILES string of the molecule is CCNC(=NCC(C)(C)S(C)(=O)=O)NCC1CCCOC1C(C)(C)C. The summed E-state index contributed by atoms with van der Waals surface area (Å²) in [6.07, 6.45) is 3.68. The number of nitrogens with one attached hydrogen (secondary N) is 2. The van der Waals surface area contributed by atoms with Crippen molar-refractivity contribution < 1.29 is 13.2 Å². The van der Waals surface area contributed by atoms with E-state index in [0.717, 1.165) is 32.5 Å². The van der Waals surface area contributed by atoms with Gasteiger partial charge in [0.1, 0.15) is 0 Å². The normalized spacial score (nSPS) is 23.4. The van der Waals surface area contributed by atoms with E-state index in [1.165, 1.54) is 6.26 Å². The van der Waals surface area contributed by atoms with Gasteiger partial charge in [-0.1, -0.05) is 20.8 Å². The molecule has 0 aromatic rings. The predicted octanol–water partition coefficient (Wildman–Crippen LogP) is 2.21. The summed E-state index contributed by atoms with van der Waals surface area (Å²) in [6.45, 7) is 14.6. The minimum atomic E-state index is -3.16. The summed E-state index contributed by atoms with van der Waals surface area (Å²) < 4.78 is 28.9. The molecule has 1 heterocycles. The molecule has 25 heavy (non-hydrogen) atoms. The zero-order valence-electron chi connectivity index (χ0n) is 17.0. The molecule has 0 radical (unpaired) electrons. The third kappa shape index (κ3) is 6.77. The van der Waals surface area contributed by atoms with Crippen LogP contribution in [0, 0.1) is 11.3 Å². The molecule has 7 heteroatoms. The lowest BCUT2D eigenvalue weighted by molar-refractivity contribution is -0.0835. The number of sulfone groups is 1. The van der Waals surface area contributed by atoms with Crippen molar-refractivity contribution in [3.05, 3.63) is 0 Å². The van der Waals surface area contributed by atoms with Gasteiger partial charge < -0.3 is 15.4 Å². The van der Waals surface area contributed by atoms with Gasteiger partial charge in [-0.3, -0.25) is 4.99 Å². The molecule has 0 spiro atoms. The van der Waals surface area contributed by atoms with Crippen LogP contribution in [0.4, 0.5) is 0 Å². The molecule has 1 saturated heterocycles. The lowest BCUT2D eigenvalue weighted by Crippen LogP contribution is -2.48. The van der Waals surface area contributed by atoms with Crippen molar-refractivity contribution >= 4 is 15.8 Å². The van der Waals surface area contributed by atoms with Crippen LogP contribution >= 0.6 is 0 Å². The Hall–Kier alpha value is -0.820. The average molecular weight is 376 g/mol. The molecule has 0 bridgehead atoms. The summed E-state index contributed by atoms with van der Waals surface area (Å²) in [4.78, 5) is 4.50. The summed E-state index contributed by atoms with van der Waals surface area (Å²) in [7, 11) is -3.16. The van der Waals surface area contributed by atoms with Crippen LogP contribution < -0.4 is 10.6 Å². The van der Waals surface area contributed by atoms with Gasteiger partial charge in [-0.15, -0.1) is 0 Å². The van der Waals surface area contributed by atoms with E-state index < -0.39 is 14.6 Å². The van der Waals surface area contributed by atoms with Crippen LogP contribution in [0.15, 0.2) is 4.99 Å². The van der Waals surface area contributed by atoms with Gasteiger partial charge in [-0.25, -0.2) is 8.42 Å². The highest BCUT2D eigenvalue weighted by Crippen LogP contribution is 2.33. The second-order valence-corrected chi connectivity index (χ2v) is 11.3. The van der Waals surface area contributed by atoms with Gasteiger partial charge in [0.05, 0.1) is 17.4 Å². The molecule has 1 rings (SSSR count). The monoisotopic (exact) mass is 375 g/mol. The molecular formula is C18H37N3O3S. The maximum atomic E-state index is 11.9. The van der Waals surface area contributed by atoms with Gasteiger partial charge in [0.15, 0.2) is 15.8 Å². The van der Waals surface area contributed by atoms with Gasteiger partial charge in [0, 0.05) is 31.9 Å². The van der Waals surface area contributed by atoms with E-state index in [1.807, 2.05) is 6.92 Å². The molecular weight excluding hydrogens is 338 g/mol. The highest BCUT2D eigenvalue weighted by Gasteiger charge is 2.35. The Balaban J connectivity index is 2.76. The Kier molecular flexibility index (Phi) is 7.74. The minimum absolute atomic E-state index is 0.0978. The van der Waals surface area contributed by atoms with Crippen LogP contribution in [0.2, 0.25) is 0 Å². The van der Waals surface area contributed by atoms with Gasteiger partial charge in [-0.2, -0.15) is 0 Å². The Labute approximate surface area is 154 Å². The Bertz CT molecular complexity index is 550. The molecule has 2 unspecified atom stereocenters. The summed E-state index contributed by atoms with van der Waals surface area (Å²) in [6, 6.07) is 0. The van der Waals surface area contributed by atoms with Gasteiger partial charge in [0.2, 0.25) is 0 Å². The fourth-order valence-corrected chi connectivity index (χ4v) is 3.26. The standard InChI is InChI=1S/C18H37N3O3S/c1-8-19-16(21-13-18(5,6)25(7,22)23)20-12-14-10-9-11-24-15(14)17(2,3)4/h14-15H,8-13H2,1-7H3,(H2,19,20,21). The summed E-state index contributed by atoms with van der Waals surface area (Å²) in [5.74, 6) is 1.08. The molecule has 2 N–H and O–H groups in total. The summed E-state index contributed by atoms with van der Waals surface area (Å²) in [5.41, 5.74) is 0.0978. The lowest BCUT2D eigenvalue weighted by Gasteiger charge is -2.40. The Morgan fingerprint density at radius 3 is 2.36 bits per heavy atom. The molecule has 0 aromatic carbocycles. The van der Waals surface area contributed by atoms with E-state index >= 15 is 0 Å². The number of guanidine groups is 1. The van der Waals surface area contributed by atoms with E-state index in [2.05, 4.69) is 36.4 Å². The smallest absolute Gasteiger partial charge is 0.191 e. The van der Waals surface area contributed by atoms with E-state index in [-0.39, 0.29) is 18.1 Å². The first kappa shape index (κ1) is 22.2. The first-order valence-electron chi connectivity index (χ1n) is 9.22. The van der Waals surface area contributed by atoms with Crippen molar-refractivity contribution in [2.45, 2.75) is 65.2 Å². The molecule has 148 valence electrons. The fraction of sp³-hybridized carbons (Fsp3) is 0.944. The molecule has 6 nitrogen and oxygen atoms in total. The molecule has 1 aliphatic rings. The molecule has 1 fully saturated rings. The first-order valence-corrected chi connectivity index (χ1v) is 11.1. The predicted molar refractivity (Wildman–Crippen MR) is 105 cm³/mol. The van der Waals surface area contributed by atoms with Crippen LogP contribution in [0.5, 0.6) is 0 Å². The molecule has 2 atom stereocenters. The highest BCUT2D eigenvalue weighted by molar-refractivity contribution is 7.92. The number of ether oxygens (including phenoxy) is 1. The van der Waals surface area contributed by atoms with Crippen molar-refractivity contribution in [3.8, 4) is 0 Å². The maximum Gasteiger partial charge on any atom is 0.191 e. The van der Waals surface area contributed by atoms with Crippen LogP contribution in [0.1, 0.15) is 54.4 Å². The van der Waals surface area contributed by atoms with Crippen LogP contribution in [0.25, 0.3) is 0 Å². The molecule has 1 aliphatic heterocycles. The fourth-order valence-electron chi connectivity index (χ4n) is 2.97. The third-order valence-corrected chi connectivity index (χ3v) is 6.93. The molecule has 0 aromatic heterocycles. The zero-order valence-corrected chi connectivity index (χ0v) is 17.8. The van der Waals surface area contributed by atoms with Crippen molar-refractivity contribution in [1.82, 2.24) is 10.6 Å². The van der Waals surface area contributed by atoms with Crippen molar-refractivity contribution in [1.29, 1.82) is 0 Å². The minimum Gasteiger partial charge on any atom is -0.377 e. The van der Waals surface area contributed by atoms with E-state index in [0.29, 0.717) is 11.9 Å². The highest BCUT2D eigenvalue weighted by atomic mass is 32.2. The Morgan fingerprint density at radius 1 is 1.20 bits per heavy atom. The quantitative estimate of drug-likeness (QED) is 0.550. The molecule has 0 saturated carbocycles. The maximum absolute atomic E-state index is 11.9. The van der Waals surface area contributed by atoms with Gasteiger partial charge in [-0.05, 0) is 39.0 Å². The number of hydrogen-bond donors (Lipinski definition) is 2. The van der Waals surface area contributed by atoms with Crippen LogP contribution in [0.3, 0.4) is 0 Å². The van der Waals surface area contributed by atoms with Gasteiger partial charge in [0.25, 0.3) is 0 Å². The van der Waals surface area contributed by atoms with Crippen LogP contribution in [-0.2, 0) is 14.6 Å². The van der Waals surface area contributed by atoms with Gasteiger partial charge >= 0.3 is 0 Å². The number of hydrogen-bond acceptors (Lipinski definition) is 4. The Morgan fingerprint density at radius 2 is 1.84 bits per heavy atom. The number of rotatable bonds is 6. The van der Waals surface area contributed by atoms with Crippen molar-refractivity contribution in [2.75, 3.05) is 32.5 Å². The van der Waals surface area contributed by atoms with Crippen molar-refractivity contribution in [2.24, 2.45) is 16.3 Å².